The number of nitrogens with zero attached hydrogens (tertiary/aromatic N) is 1. The van der Waals surface area contributed by atoms with Gasteiger partial charge in [0.2, 0.25) is 0 Å². The molecule has 206 valence electrons. The molecule has 0 radical (unpaired) electrons. The number of nitrogens with one attached hydrogen (secondary N) is 2. The summed E-state index contributed by atoms with van der Waals surface area (Å²) in [7, 11) is 8.06. The maximum Gasteiger partial charge on any atom is 0.173 e. The number of hydrogen-bond donors (Lipinski definition) is 2. The van der Waals surface area contributed by atoms with Gasteiger partial charge in [-0.2, -0.15) is 0 Å². The van der Waals surface area contributed by atoms with E-state index in [1.807, 2.05) is 42.6 Å². The van der Waals surface area contributed by atoms with E-state index in [1.165, 1.54) is 0 Å². The van der Waals surface area contributed by atoms with Crippen molar-refractivity contribution in [2.45, 2.75) is 13.0 Å². The van der Waals surface area contributed by atoms with Crippen molar-refractivity contribution in [3.8, 4) is 28.7 Å². The second kappa shape index (κ2) is 12.8. The Morgan fingerprint density at radius 2 is 1.59 bits per heavy atom. The van der Waals surface area contributed by atoms with Crippen LogP contribution in [0.1, 0.15) is 11.1 Å². The molecule has 3 aromatic carbocycles. The quantitative estimate of drug-likeness (QED) is 0.204. The summed E-state index contributed by atoms with van der Waals surface area (Å²) in [4.78, 5) is 5.44. The normalized spacial score (nSPS) is 10.7. The van der Waals surface area contributed by atoms with Gasteiger partial charge in [-0.3, -0.25) is 0 Å². The van der Waals surface area contributed by atoms with Crippen molar-refractivity contribution in [2.24, 2.45) is 0 Å². The summed E-state index contributed by atoms with van der Waals surface area (Å²) < 4.78 is 27.3. The van der Waals surface area contributed by atoms with Crippen molar-refractivity contribution in [2.75, 3.05) is 47.4 Å². The van der Waals surface area contributed by atoms with Crippen molar-refractivity contribution in [3.63, 3.8) is 0 Å². The first-order valence-electron chi connectivity index (χ1n) is 12.2. The van der Waals surface area contributed by atoms with Crippen molar-refractivity contribution in [1.82, 2.24) is 9.88 Å². The Morgan fingerprint density at radius 3 is 2.28 bits per heavy atom. The number of methoxy groups -OCH3 is 5. The molecule has 0 saturated carbocycles. The van der Waals surface area contributed by atoms with E-state index in [4.69, 9.17) is 47.5 Å². The van der Waals surface area contributed by atoms with Crippen molar-refractivity contribution in [1.29, 1.82) is 0 Å². The molecule has 0 atom stereocenters. The van der Waals surface area contributed by atoms with Crippen molar-refractivity contribution < 1.29 is 23.7 Å². The molecule has 0 fully saturated rings. The van der Waals surface area contributed by atoms with Gasteiger partial charge in [0, 0.05) is 42.3 Å². The number of aromatic nitrogens is 1. The molecule has 10 heteroatoms. The second-order valence-electron chi connectivity index (χ2n) is 8.70. The fourth-order valence-corrected chi connectivity index (χ4v) is 4.85. The van der Waals surface area contributed by atoms with Gasteiger partial charge in [0.15, 0.2) is 16.6 Å². The lowest BCUT2D eigenvalue weighted by Gasteiger charge is -2.27. The first-order chi connectivity index (χ1) is 18.9. The van der Waals surface area contributed by atoms with Gasteiger partial charge in [-0.25, -0.2) is 0 Å². The number of halogens is 1. The molecule has 2 N–H and O–H groups in total. The van der Waals surface area contributed by atoms with Gasteiger partial charge < -0.3 is 38.9 Å². The highest BCUT2D eigenvalue weighted by Gasteiger charge is 2.17. The van der Waals surface area contributed by atoms with E-state index in [0.29, 0.717) is 51.9 Å². The van der Waals surface area contributed by atoms with Gasteiger partial charge >= 0.3 is 0 Å². The Bertz CT molecular complexity index is 1460. The largest absolute Gasteiger partial charge is 0.497 e. The fourth-order valence-electron chi connectivity index (χ4n) is 4.35. The smallest absolute Gasteiger partial charge is 0.173 e. The highest BCUT2D eigenvalue weighted by molar-refractivity contribution is 7.80. The number of aromatic amines is 1. The van der Waals surface area contributed by atoms with E-state index >= 15 is 0 Å². The van der Waals surface area contributed by atoms with Crippen LogP contribution < -0.4 is 29.0 Å². The predicted molar refractivity (Wildman–Crippen MR) is 159 cm³/mol. The number of ether oxygens (including phenoxy) is 5. The van der Waals surface area contributed by atoms with Crippen LogP contribution in [0.5, 0.6) is 28.7 Å². The summed E-state index contributed by atoms with van der Waals surface area (Å²) in [5.74, 6) is 3.20. The number of thiocarbonyl (C=S) groups is 1. The zero-order valence-corrected chi connectivity index (χ0v) is 24.2. The Morgan fingerprint density at radius 1 is 0.846 bits per heavy atom. The molecule has 0 unspecified atom stereocenters. The topological polar surface area (TPSA) is 77.2 Å². The van der Waals surface area contributed by atoms with Crippen LogP contribution in [0.2, 0.25) is 5.02 Å². The molecule has 0 amide bonds. The second-order valence-corrected chi connectivity index (χ2v) is 9.50. The Kier molecular flexibility index (Phi) is 9.27. The van der Waals surface area contributed by atoms with Crippen LogP contribution in [0.25, 0.3) is 10.9 Å². The lowest BCUT2D eigenvalue weighted by atomic mass is 10.1. The number of fused-ring (bicyclic) bond motifs is 1. The van der Waals surface area contributed by atoms with Gasteiger partial charge in [0.1, 0.15) is 17.2 Å². The molecule has 1 aromatic heterocycles. The Balaban J connectivity index is 1.63. The molecule has 4 rings (SSSR count). The van der Waals surface area contributed by atoms with E-state index in [0.717, 1.165) is 34.2 Å². The first-order valence-corrected chi connectivity index (χ1v) is 13.0. The lowest BCUT2D eigenvalue weighted by molar-refractivity contribution is 0.353. The van der Waals surface area contributed by atoms with Crippen LogP contribution in [0.15, 0.2) is 54.7 Å². The molecule has 0 saturated heterocycles. The predicted octanol–water partition coefficient (Wildman–Crippen LogP) is 6.31. The summed E-state index contributed by atoms with van der Waals surface area (Å²) in [6.45, 7) is 1.17. The van der Waals surface area contributed by atoms with E-state index in [2.05, 4.69) is 15.2 Å². The standard InChI is InChI=1S/C29H32ClN3O5S/c1-34-20-7-8-23-21(13-20)19(16-31-23)10-11-33(17-18-6-9-25(35-2)28(12-18)38-5)29(39)32-24-15-26(36-3)22(30)14-27(24)37-4/h6-9,12-16,31H,10-11,17H2,1-5H3,(H,32,39). The zero-order chi connectivity index (χ0) is 27.9. The number of hydrogen-bond acceptors (Lipinski definition) is 6. The van der Waals surface area contributed by atoms with Crippen LogP contribution in [0, 0.1) is 0 Å². The van der Waals surface area contributed by atoms with Gasteiger partial charge in [-0.05, 0) is 60.1 Å². The highest BCUT2D eigenvalue weighted by atomic mass is 35.5. The molecule has 0 aliphatic rings. The number of rotatable bonds is 11. The molecule has 1 heterocycles. The van der Waals surface area contributed by atoms with Gasteiger partial charge in [0.25, 0.3) is 0 Å². The van der Waals surface area contributed by atoms with Crippen molar-refractivity contribution >= 4 is 45.5 Å². The lowest BCUT2D eigenvalue weighted by Crippen LogP contribution is -2.36. The number of benzene rings is 3. The molecule has 4 aromatic rings. The summed E-state index contributed by atoms with van der Waals surface area (Å²) in [6.07, 6.45) is 2.77. The third kappa shape index (κ3) is 6.43. The molecule has 39 heavy (non-hydrogen) atoms. The van der Waals surface area contributed by atoms with Crippen LogP contribution in [-0.4, -0.2) is 57.1 Å². The summed E-state index contributed by atoms with van der Waals surface area (Å²) >= 11 is 12.2. The van der Waals surface area contributed by atoms with Crippen LogP contribution in [-0.2, 0) is 13.0 Å². The monoisotopic (exact) mass is 569 g/mol. The molecular weight excluding hydrogens is 538 g/mol. The molecule has 0 aliphatic heterocycles. The number of H-pyrrole nitrogens is 1. The minimum atomic E-state index is 0.447. The minimum absolute atomic E-state index is 0.447. The number of anilines is 1. The minimum Gasteiger partial charge on any atom is -0.497 e. The van der Waals surface area contributed by atoms with Gasteiger partial charge in [-0.1, -0.05) is 17.7 Å². The van der Waals surface area contributed by atoms with Crippen molar-refractivity contribution in [3.05, 3.63) is 70.9 Å². The fraction of sp³-hybridized carbons (Fsp3) is 0.276. The molecule has 0 bridgehead atoms. The Hall–Kier alpha value is -3.82. The summed E-state index contributed by atoms with van der Waals surface area (Å²) in [6, 6.07) is 15.3. The average molecular weight is 570 g/mol. The molecule has 0 spiro atoms. The molecular formula is C29H32ClN3O5S. The highest BCUT2D eigenvalue weighted by Crippen LogP contribution is 2.36. The zero-order valence-electron chi connectivity index (χ0n) is 22.6. The van der Waals surface area contributed by atoms with Gasteiger partial charge in [-0.15, -0.1) is 0 Å². The summed E-state index contributed by atoms with van der Waals surface area (Å²) in [5.41, 5.74) is 3.88. The third-order valence-corrected chi connectivity index (χ3v) is 7.11. The van der Waals surface area contributed by atoms with E-state index in [9.17, 15) is 0 Å². The molecule has 8 nitrogen and oxygen atoms in total. The first kappa shape index (κ1) is 28.2. The molecule has 0 aliphatic carbocycles. The van der Waals surface area contributed by atoms with E-state index in [1.54, 1.807) is 47.7 Å². The van der Waals surface area contributed by atoms with E-state index < -0.39 is 0 Å². The Labute approximate surface area is 238 Å². The summed E-state index contributed by atoms with van der Waals surface area (Å²) in [5, 5.41) is 5.41. The maximum absolute atomic E-state index is 6.31. The van der Waals surface area contributed by atoms with Gasteiger partial charge in [0.05, 0.1) is 46.3 Å². The van der Waals surface area contributed by atoms with E-state index in [-0.39, 0.29) is 0 Å². The average Bonchev–Trinajstić information content (AvgIpc) is 3.37. The third-order valence-electron chi connectivity index (χ3n) is 6.45. The van der Waals surface area contributed by atoms with Crippen LogP contribution in [0.4, 0.5) is 5.69 Å². The maximum atomic E-state index is 6.31. The SMILES string of the molecule is COc1ccc2[nH]cc(CCN(Cc3ccc(OC)c(OC)c3)C(=S)Nc3cc(OC)c(Cl)cc3OC)c2c1. The van der Waals surface area contributed by atoms with Crippen LogP contribution in [0.3, 0.4) is 0 Å². The van der Waals surface area contributed by atoms with Crippen LogP contribution >= 0.6 is 23.8 Å².